The largest absolute Gasteiger partial charge is 0.393 e. The third-order valence-electron chi connectivity index (χ3n) is 4.86. The lowest BCUT2D eigenvalue weighted by Crippen LogP contribution is -2.30. The van der Waals surface area contributed by atoms with Gasteiger partial charge in [0, 0.05) is 18.8 Å². The SMILES string of the molecule is CCN(CC)S(=O)(=O)c1ccc(Nc2ncnc(Nc3nc4ccccc4s3)c2N)cc1. The van der Waals surface area contributed by atoms with E-state index in [1.807, 2.05) is 38.1 Å². The highest BCUT2D eigenvalue weighted by atomic mass is 32.2. The molecule has 0 fully saturated rings. The zero-order chi connectivity index (χ0) is 22.7. The molecule has 0 radical (unpaired) electrons. The molecule has 2 aromatic heterocycles. The number of rotatable bonds is 8. The summed E-state index contributed by atoms with van der Waals surface area (Å²) < 4.78 is 27.8. The van der Waals surface area contributed by atoms with Crippen molar-refractivity contribution in [1.82, 2.24) is 19.3 Å². The average molecular weight is 470 g/mol. The first-order chi connectivity index (χ1) is 15.4. The summed E-state index contributed by atoms with van der Waals surface area (Å²) in [5.41, 5.74) is 8.14. The second-order valence-electron chi connectivity index (χ2n) is 6.84. The second-order valence-corrected chi connectivity index (χ2v) is 9.80. The van der Waals surface area contributed by atoms with Gasteiger partial charge in [-0.05, 0) is 36.4 Å². The first-order valence-electron chi connectivity index (χ1n) is 10.0. The van der Waals surface area contributed by atoms with Gasteiger partial charge >= 0.3 is 0 Å². The normalized spacial score (nSPS) is 11.7. The minimum absolute atomic E-state index is 0.237. The van der Waals surface area contributed by atoms with E-state index in [2.05, 4.69) is 25.6 Å². The molecular formula is C21H23N7O2S2. The Morgan fingerprint density at radius 1 is 0.969 bits per heavy atom. The minimum Gasteiger partial charge on any atom is -0.393 e. The Kier molecular flexibility index (Phi) is 6.21. The van der Waals surface area contributed by atoms with Crippen LogP contribution in [0, 0.1) is 0 Å². The summed E-state index contributed by atoms with van der Waals surface area (Å²) in [4.78, 5) is 13.2. The third-order valence-corrected chi connectivity index (χ3v) is 7.88. The van der Waals surface area contributed by atoms with Crippen LogP contribution in [-0.4, -0.2) is 40.8 Å². The number of nitrogens with two attached hydrogens (primary N) is 1. The zero-order valence-corrected chi connectivity index (χ0v) is 19.2. The van der Waals surface area contributed by atoms with Gasteiger partial charge in [0.25, 0.3) is 0 Å². The molecule has 0 aliphatic heterocycles. The van der Waals surface area contributed by atoms with Crippen molar-refractivity contribution in [3.8, 4) is 0 Å². The number of nitrogen functional groups attached to an aromatic ring is 1. The summed E-state index contributed by atoms with van der Waals surface area (Å²) in [7, 11) is -3.51. The van der Waals surface area contributed by atoms with E-state index in [1.54, 1.807) is 24.3 Å². The molecule has 166 valence electrons. The Bertz CT molecular complexity index is 1300. The van der Waals surface area contributed by atoms with Gasteiger partial charge in [-0.25, -0.2) is 23.4 Å². The van der Waals surface area contributed by atoms with Crippen LogP contribution in [0.4, 0.5) is 28.1 Å². The molecule has 2 heterocycles. The first-order valence-corrected chi connectivity index (χ1v) is 12.3. The van der Waals surface area contributed by atoms with Gasteiger partial charge in [-0.1, -0.05) is 37.3 Å². The number of sulfonamides is 1. The fourth-order valence-corrected chi connectivity index (χ4v) is 5.50. The lowest BCUT2D eigenvalue weighted by Gasteiger charge is -2.18. The summed E-state index contributed by atoms with van der Waals surface area (Å²) in [6, 6.07) is 14.3. The van der Waals surface area contributed by atoms with Crippen molar-refractivity contribution in [3.05, 3.63) is 54.9 Å². The van der Waals surface area contributed by atoms with Crippen LogP contribution in [0.2, 0.25) is 0 Å². The van der Waals surface area contributed by atoms with Crippen LogP contribution >= 0.6 is 11.3 Å². The van der Waals surface area contributed by atoms with Crippen molar-refractivity contribution in [2.75, 3.05) is 29.5 Å². The average Bonchev–Trinajstić information content (AvgIpc) is 3.20. The van der Waals surface area contributed by atoms with Crippen molar-refractivity contribution in [2.45, 2.75) is 18.7 Å². The van der Waals surface area contributed by atoms with E-state index in [9.17, 15) is 8.42 Å². The zero-order valence-electron chi connectivity index (χ0n) is 17.6. The van der Waals surface area contributed by atoms with Crippen molar-refractivity contribution in [1.29, 1.82) is 0 Å². The number of nitrogens with one attached hydrogen (secondary N) is 2. The third kappa shape index (κ3) is 4.35. The van der Waals surface area contributed by atoms with Crippen molar-refractivity contribution in [2.24, 2.45) is 0 Å². The van der Waals surface area contributed by atoms with Crippen molar-refractivity contribution < 1.29 is 8.42 Å². The number of para-hydroxylation sites is 1. The van der Waals surface area contributed by atoms with Gasteiger partial charge in [-0.2, -0.15) is 4.31 Å². The maximum Gasteiger partial charge on any atom is 0.243 e. The number of fused-ring (bicyclic) bond motifs is 1. The maximum absolute atomic E-state index is 12.7. The molecule has 4 N–H and O–H groups in total. The number of hydrogen-bond acceptors (Lipinski definition) is 9. The Morgan fingerprint density at radius 2 is 1.62 bits per heavy atom. The molecule has 0 spiro atoms. The molecule has 0 bridgehead atoms. The van der Waals surface area contributed by atoms with Crippen LogP contribution < -0.4 is 16.4 Å². The van der Waals surface area contributed by atoms with Gasteiger partial charge in [0.15, 0.2) is 16.8 Å². The number of thiazole rings is 1. The Hall–Kier alpha value is -3.28. The highest BCUT2D eigenvalue weighted by Gasteiger charge is 2.21. The van der Waals surface area contributed by atoms with Crippen LogP contribution in [0.5, 0.6) is 0 Å². The van der Waals surface area contributed by atoms with Gasteiger partial charge in [-0.3, -0.25) is 0 Å². The van der Waals surface area contributed by atoms with Crippen molar-refractivity contribution >= 4 is 59.7 Å². The molecule has 0 unspecified atom stereocenters. The minimum atomic E-state index is -3.51. The number of benzene rings is 2. The quantitative estimate of drug-likeness (QED) is 0.351. The molecule has 11 heteroatoms. The number of nitrogens with zero attached hydrogens (tertiary/aromatic N) is 4. The van der Waals surface area contributed by atoms with Crippen LogP contribution in [-0.2, 0) is 10.0 Å². The molecule has 0 saturated heterocycles. The van der Waals surface area contributed by atoms with Gasteiger partial charge in [0.1, 0.15) is 12.0 Å². The molecule has 0 saturated carbocycles. The van der Waals surface area contributed by atoms with Crippen molar-refractivity contribution in [3.63, 3.8) is 0 Å². The van der Waals surface area contributed by atoms with Crippen LogP contribution in [0.3, 0.4) is 0 Å². The van der Waals surface area contributed by atoms with Gasteiger partial charge in [0.2, 0.25) is 10.0 Å². The monoisotopic (exact) mass is 469 g/mol. The molecule has 0 aliphatic carbocycles. The lowest BCUT2D eigenvalue weighted by atomic mass is 10.3. The Labute approximate surface area is 190 Å². The molecule has 4 aromatic rings. The molecule has 0 aliphatic rings. The second kappa shape index (κ2) is 9.07. The fraction of sp³-hybridized carbons (Fsp3) is 0.190. The first kappa shape index (κ1) is 21.9. The molecular weight excluding hydrogens is 446 g/mol. The number of anilines is 5. The summed E-state index contributed by atoms with van der Waals surface area (Å²) in [6.07, 6.45) is 1.40. The number of hydrogen-bond donors (Lipinski definition) is 3. The van der Waals surface area contributed by atoms with E-state index >= 15 is 0 Å². The fourth-order valence-electron chi connectivity index (χ4n) is 3.18. The van der Waals surface area contributed by atoms with E-state index in [0.29, 0.717) is 41.2 Å². The van der Waals surface area contributed by atoms with Crippen LogP contribution in [0.15, 0.2) is 59.8 Å². The summed E-state index contributed by atoms with van der Waals surface area (Å²) in [6.45, 7) is 4.46. The van der Waals surface area contributed by atoms with Crippen LogP contribution in [0.1, 0.15) is 13.8 Å². The standard InChI is InChI=1S/C21H23N7O2S2/c1-3-28(4-2)32(29,30)15-11-9-14(10-12-15)25-19-18(22)20(24-13-23-19)27-21-26-16-7-5-6-8-17(16)31-21/h5-13H,3-4,22H2,1-2H3,(H2,23,24,25,26,27). The molecule has 0 atom stereocenters. The highest BCUT2D eigenvalue weighted by molar-refractivity contribution is 7.89. The van der Waals surface area contributed by atoms with Crippen LogP contribution in [0.25, 0.3) is 10.2 Å². The molecule has 32 heavy (non-hydrogen) atoms. The van der Waals surface area contributed by atoms with E-state index in [0.717, 1.165) is 10.2 Å². The van der Waals surface area contributed by atoms with E-state index in [4.69, 9.17) is 5.73 Å². The molecule has 9 nitrogen and oxygen atoms in total. The Balaban J connectivity index is 1.54. The maximum atomic E-state index is 12.7. The summed E-state index contributed by atoms with van der Waals surface area (Å²) in [5.74, 6) is 0.838. The lowest BCUT2D eigenvalue weighted by molar-refractivity contribution is 0.445. The van der Waals surface area contributed by atoms with Gasteiger partial charge in [0.05, 0.1) is 15.1 Å². The smallest absolute Gasteiger partial charge is 0.243 e. The predicted molar refractivity (Wildman–Crippen MR) is 129 cm³/mol. The van der Waals surface area contributed by atoms with Gasteiger partial charge in [-0.15, -0.1) is 0 Å². The predicted octanol–water partition coefficient (Wildman–Crippen LogP) is 4.19. The number of aromatic nitrogens is 3. The van der Waals surface area contributed by atoms with E-state index in [-0.39, 0.29) is 4.90 Å². The Morgan fingerprint density at radius 3 is 2.28 bits per heavy atom. The van der Waals surface area contributed by atoms with Gasteiger partial charge < -0.3 is 16.4 Å². The molecule has 2 aromatic carbocycles. The molecule has 4 rings (SSSR count). The van der Waals surface area contributed by atoms with E-state index < -0.39 is 10.0 Å². The molecule has 0 amide bonds. The van der Waals surface area contributed by atoms with E-state index in [1.165, 1.54) is 22.0 Å². The summed E-state index contributed by atoms with van der Waals surface area (Å²) >= 11 is 1.50. The topological polar surface area (TPSA) is 126 Å². The summed E-state index contributed by atoms with van der Waals surface area (Å²) in [5, 5.41) is 6.94. The highest BCUT2D eigenvalue weighted by Crippen LogP contribution is 2.32.